The fraction of sp³-hybridized carbons (Fsp3) is 0. The molecule has 2 heterocycles. The Morgan fingerprint density at radius 3 is 2.22 bits per heavy atom. The third-order valence-electron chi connectivity index (χ3n) is 6.95. The van der Waals surface area contributed by atoms with Crippen LogP contribution < -0.4 is 0 Å². The number of aromatic nitrogens is 3. The monoisotopic (exact) mass is 711 g/mol. The van der Waals surface area contributed by atoms with Crippen LogP contribution in [-0.4, -0.2) is 19.6 Å². The molecular weight excluding hydrogens is 685 g/mol. The molecule has 4 nitrogen and oxygen atoms in total. The zero-order valence-corrected chi connectivity index (χ0v) is 24.0. The van der Waals surface area contributed by atoms with E-state index in [9.17, 15) is 5.11 Å². The van der Waals surface area contributed by atoms with E-state index in [2.05, 4.69) is 11.1 Å². The number of hydrogen-bond acceptors (Lipinski definition) is 3. The minimum atomic E-state index is 0. The molecule has 200 valence electrons. The van der Waals surface area contributed by atoms with Gasteiger partial charge in [-0.25, -0.2) is 4.98 Å². The molecule has 0 atom stereocenters. The Bertz CT molecular complexity index is 2080. The predicted octanol–water partition coefficient (Wildman–Crippen LogP) is 8.59. The number of phenolic OH excluding ortho intramolecular Hbond substituents is 1. The number of para-hydroxylation sites is 3. The molecule has 5 heteroatoms. The Morgan fingerprint density at radius 1 is 0.683 bits per heavy atom. The van der Waals surface area contributed by atoms with Crippen LogP contribution in [0.25, 0.3) is 61.6 Å². The van der Waals surface area contributed by atoms with E-state index in [0.717, 1.165) is 44.5 Å². The molecule has 0 saturated heterocycles. The van der Waals surface area contributed by atoms with Crippen LogP contribution in [0.3, 0.4) is 0 Å². The predicted molar refractivity (Wildman–Crippen MR) is 161 cm³/mol. The van der Waals surface area contributed by atoms with Gasteiger partial charge in [-0.2, -0.15) is 0 Å². The number of nitrogens with zero attached hydrogens (tertiary/aromatic N) is 3. The molecule has 0 radical (unpaired) electrons. The van der Waals surface area contributed by atoms with E-state index in [1.807, 2.05) is 108 Å². The van der Waals surface area contributed by atoms with E-state index >= 15 is 0 Å². The van der Waals surface area contributed by atoms with E-state index in [-0.39, 0.29) is 39.0 Å². The first-order chi connectivity index (χ1) is 20.5. The molecule has 0 unspecified atom stereocenters. The van der Waals surface area contributed by atoms with Gasteiger partial charge in [-0.15, -0.1) is 29.8 Å². The summed E-state index contributed by atoms with van der Waals surface area (Å²) in [6.07, 6.45) is 0.192. The van der Waals surface area contributed by atoms with Gasteiger partial charge in [0.05, 0.1) is 19.3 Å². The zero-order chi connectivity index (χ0) is 28.6. The number of pyridine rings is 1. The second-order valence-corrected chi connectivity index (χ2v) is 9.44. The van der Waals surface area contributed by atoms with Crippen LogP contribution >= 0.6 is 0 Å². The number of hydrogen-bond donors (Lipinski definition) is 1. The van der Waals surface area contributed by atoms with Gasteiger partial charge in [0, 0.05) is 38.6 Å². The summed E-state index contributed by atoms with van der Waals surface area (Å²) in [5.74, 6) is 0.578. The molecule has 0 bridgehead atoms. The summed E-state index contributed by atoms with van der Waals surface area (Å²) in [5.41, 5.74) is 8.20. The number of fused-ring (bicyclic) bond motifs is 1. The summed E-state index contributed by atoms with van der Waals surface area (Å²) >= 11 is 0. The van der Waals surface area contributed by atoms with Crippen molar-refractivity contribution < 1.29 is 28.9 Å². The van der Waals surface area contributed by atoms with Gasteiger partial charge >= 0.3 is 0 Å². The Kier molecular flexibility index (Phi) is 6.66. The Hall–Kier alpha value is -4.79. The van der Waals surface area contributed by atoms with Gasteiger partial charge in [-0.05, 0) is 47.5 Å². The molecule has 0 aliphatic rings. The minimum absolute atomic E-state index is 0. The topological polar surface area (TPSA) is 50.9 Å². The van der Waals surface area contributed by atoms with Crippen molar-refractivity contribution >= 4 is 11.0 Å². The van der Waals surface area contributed by atoms with Crippen molar-refractivity contribution in [3.63, 3.8) is 0 Å². The van der Waals surface area contributed by atoms with Gasteiger partial charge in [0.2, 0.25) is 0 Å². The minimum Gasteiger partial charge on any atom is -0.507 e. The normalized spacial score (nSPS) is 11.5. The molecule has 41 heavy (non-hydrogen) atoms. The van der Waals surface area contributed by atoms with E-state index < -0.39 is 0 Å². The van der Waals surface area contributed by atoms with Crippen molar-refractivity contribution in [1.29, 1.82) is 0 Å². The van der Waals surface area contributed by atoms with Crippen LogP contribution in [-0.2, 0) is 21.1 Å². The Balaban J connectivity index is 0.00000329. The molecule has 0 saturated carbocycles. The van der Waals surface area contributed by atoms with Gasteiger partial charge in [0.1, 0.15) is 11.6 Å². The van der Waals surface area contributed by atoms with Gasteiger partial charge < -0.3 is 5.11 Å². The summed E-state index contributed by atoms with van der Waals surface area (Å²) < 4.78 is 18.3. The second kappa shape index (κ2) is 11.4. The maximum atomic E-state index is 10.8. The zero-order valence-electron chi connectivity index (χ0n) is 23.7. The van der Waals surface area contributed by atoms with Gasteiger partial charge in [-0.3, -0.25) is 9.55 Å². The van der Waals surface area contributed by atoms with E-state index in [1.54, 1.807) is 18.2 Å². The number of imidazole rings is 1. The van der Waals surface area contributed by atoms with Crippen LogP contribution in [0.15, 0.2) is 140 Å². The van der Waals surface area contributed by atoms with Crippen molar-refractivity contribution in [2.24, 2.45) is 0 Å². The van der Waals surface area contributed by atoms with Crippen molar-refractivity contribution in [2.45, 2.75) is 0 Å². The fourth-order valence-electron chi connectivity index (χ4n) is 5.05. The smallest absolute Gasteiger partial charge is 0.148 e. The summed E-state index contributed by atoms with van der Waals surface area (Å²) in [7, 11) is 0. The van der Waals surface area contributed by atoms with Crippen molar-refractivity contribution in [3.05, 3.63) is 146 Å². The summed E-state index contributed by atoms with van der Waals surface area (Å²) in [4.78, 5) is 9.59. The van der Waals surface area contributed by atoms with Gasteiger partial charge in [0.25, 0.3) is 0 Å². The maximum absolute atomic E-state index is 10.8. The molecule has 1 N–H and O–H groups in total. The molecule has 0 fully saturated rings. The Morgan fingerprint density at radius 2 is 1.41 bits per heavy atom. The summed E-state index contributed by atoms with van der Waals surface area (Å²) in [5, 5.41) is 10.8. The van der Waals surface area contributed by atoms with Crippen LogP contribution in [0.4, 0.5) is 0 Å². The second-order valence-electron chi connectivity index (χ2n) is 9.44. The number of phenols is 1. The number of aromatic hydroxyl groups is 1. The SMILES string of the molecule is [2H]c1ccc(-c2nc3c(-c4[c-]c(-c5cc(-c6ccccc6)cc([2H])n5)ccc4)cccc3n2-c2ccccc2)c(O)c1.[Pt]. The molecule has 0 spiro atoms. The molecule has 7 aromatic rings. The van der Waals surface area contributed by atoms with Crippen LogP contribution in [0.1, 0.15) is 2.74 Å². The van der Waals surface area contributed by atoms with Gasteiger partial charge in [-0.1, -0.05) is 90.0 Å². The van der Waals surface area contributed by atoms with Crippen molar-refractivity contribution in [2.75, 3.05) is 0 Å². The molecule has 2 aromatic heterocycles. The summed E-state index contributed by atoms with van der Waals surface area (Å²) in [6.45, 7) is 0. The first-order valence-corrected chi connectivity index (χ1v) is 13.0. The van der Waals surface area contributed by atoms with Gasteiger partial charge in [0.15, 0.2) is 0 Å². The van der Waals surface area contributed by atoms with Crippen molar-refractivity contribution in [3.8, 4) is 56.3 Å². The van der Waals surface area contributed by atoms with Crippen molar-refractivity contribution in [1.82, 2.24) is 14.5 Å². The molecule has 0 aliphatic carbocycles. The van der Waals surface area contributed by atoms with E-state index in [0.29, 0.717) is 17.1 Å². The molecule has 0 amide bonds. The average Bonchev–Trinajstić information content (AvgIpc) is 3.41. The average molecular weight is 712 g/mol. The first kappa shape index (κ1) is 24.0. The molecule has 5 aromatic carbocycles. The van der Waals surface area contributed by atoms with Crippen LogP contribution in [0, 0.1) is 6.07 Å². The summed E-state index contributed by atoms with van der Waals surface area (Å²) in [6, 6.07) is 44.2. The fourth-order valence-corrected chi connectivity index (χ4v) is 5.05. The third-order valence-corrected chi connectivity index (χ3v) is 6.95. The van der Waals surface area contributed by atoms with Crippen LogP contribution in [0.2, 0.25) is 0 Å². The third kappa shape index (κ3) is 4.99. The first-order valence-electron chi connectivity index (χ1n) is 14.0. The standard InChI is InChI=1S/C36H24N3O.Pt/c40-34-20-8-7-17-31(34)36-38-35-30(18-10-19-33(35)39(36)29-15-5-2-6-16-29)27-13-9-14-28(23-27)32-24-26(21-22-37-32)25-11-3-1-4-12-25;/h1-22,24,40H;/q-1;/i8D,22D;. The van der Waals surface area contributed by atoms with E-state index in [4.69, 9.17) is 7.73 Å². The Labute approximate surface area is 255 Å². The number of benzene rings is 5. The van der Waals surface area contributed by atoms with E-state index in [1.165, 1.54) is 6.07 Å². The molecule has 7 rings (SSSR count). The molecular formula is C36H24N3OPt-. The van der Waals surface area contributed by atoms with Crippen LogP contribution in [0.5, 0.6) is 5.75 Å². The molecule has 0 aliphatic heterocycles. The quantitative estimate of drug-likeness (QED) is 0.182. The largest absolute Gasteiger partial charge is 0.507 e. The maximum Gasteiger partial charge on any atom is 0.148 e. The number of rotatable bonds is 5.